The van der Waals surface area contributed by atoms with Crippen molar-refractivity contribution in [1.82, 2.24) is 4.72 Å². The summed E-state index contributed by atoms with van der Waals surface area (Å²) < 4.78 is 26.7. The van der Waals surface area contributed by atoms with E-state index in [9.17, 15) is 8.42 Å². The summed E-state index contributed by atoms with van der Waals surface area (Å²) in [5.74, 6) is -0.146. The minimum Gasteiger partial charge on any atom is -0.212 e. The molecule has 0 aromatic heterocycles. The third-order valence-electron chi connectivity index (χ3n) is 2.85. The molecule has 0 amide bonds. The van der Waals surface area contributed by atoms with Crippen molar-refractivity contribution in [3.63, 3.8) is 0 Å². The maximum absolute atomic E-state index is 12.0. The molecule has 104 valence electrons. The fraction of sp³-hybridized carbons (Fsp3) is 0.500. The quantitative estimate of drug-likeness (QED) is 0.834. The van der Waals surface area contributed by atoms with E-state index in [1.54, 1.807) is 24.3 Å². The Balaban J connectivity index is 2.72. The lowest BCUT2D eigenvalue weighted by Gasteiger charge is -2.14. The van der Waals surface area contributed by atoms with Crippen LogP contribution >= 0.6 is 0 Å². The van der Waals surface area contributed by atoms with E-state index in [2.05, 4.69) is 11.6 Å². The lowest BCUT2D eigenvalue weighted by molar-refractivity contribution is 0.533. The van der Waals surface area contributed by atoms with Crippen molar-refractivity contribution in [2.45, 2.75) is 44.9 Å². The predicted octanol–water partition coefficient (Wildman–Crippen LogP) is 2.56. The molecule has 1 rings (SSSR count). The summed E-state index contributed by atoms with van der Waals surface area (Å²) in [6.07, 6.45) is 2.87. The molecule has 0 aliphatic carbocycles. The summed E-state index contributed by atoms with van der Waals surface area (Å²) in [6.45, 7) is 3.94. The van der Waals surface area contributed by atoms with Crippen LogP contribution in [0.4, 0.5) is 0 Å². The smallest absolute Gasteiger partial charge is 0.212 e. The van der Waals surface area contributed by atoms with Crippen LogP contribution in [0.1, 0.15) is 44.2 Å². The van der Waals surface area contributed by atoms with Gasteiger partial charge in [-0.3, -0.25) is 0 Å². The fourth-order valence-corrected chi connectivity index (χ4v) is 3.35. The molecular formula is C14H20N2O2S. The Hall–Kier alpha value is -1.38. The van der Waals surface area contributed by atoms with Gasteiger partial charge in [0, 0.05) is 6.04 Å². The van der Waals surface area contributed by atoms with Gasteiger partial charge in [0.25, 0.3) is 0 Å². The van der Waals surface area contributed by atoms with Crippen molar-refractivity contribution >= 4 is 10.0 Å². The molecule has 1 N–H and O–H groups in total. The van der Waals surface area contributed by atoms with Crippen LogP contribution in [0.5, 0.6) is 0 Å². The van der Waals surface area contributed by atoms with E-state index in [0.717, 1.165) is 19.3 Å². The average molecular weight is 280 g/mol. The minimum absolute atomic E-state index is 0.0702. The molecular weight excluding hydrogens is 260 g/mol. The van der Waals surface area contributed by atoms with E-state index in [0.29, 0.717) is 11.1 Å². The molecule has 0 heterocycles. The first-order valence-corrected chi connectivity index (χ1v) is 8.11. The first-order chi connectivity index (χ1) is 8.98. The lowest BCUT2D eigenvalue weighted by Crippen LogP contribution is -2.33. The lowest BCUT2D eigenvalue weighted by atomic mass is 10.1. The van der Waals surface area contributed by atoms with Gasteiger partial charge in [0.2, 0.25) is 10.0 Å². The molecule has 0 saturated heterocycles. The van der Waals surface area contributed by atoms with E-state index in [-0.39, 0.29) is 11.8 Å². The number of nitrogens with zero attached hydrogens (tertiary/aromatic N) is 1. The normalized spacial score (nSPS) is 12.9. The highest BCUT2D eigenvalue weighted by atomic mass is 32.2. The standard InChI is InChI=1S/C14H20N2O2S/c1-3-4-7-12(2)16-19(17,18)11-14-9-6-5-8-13(14)10-15/h5-6,8-9,12,16H,3-4,7,11H2,1-2H3. The van der Waals surface area contributed by atoms with E-state index >= 15 is 0 Å². The first kappa shape index (κ1) is 15.7. The van der Waals surface area contributed by atoms with Crippen molar-refractivity contribution in [3.8, 4) is 6.07 Å². The van der Waals surface area contributed by atoms with Crippen LogP contribution < -0.4 is 4.72 Å². The number of nitrogens with one attached hydrogen (secondary N) is 1. The molecule has 0 aliphatic heterocycles. The summed E-state index contributed by atoms with van der Waals surface area (Å²) in [7, 11) is -3.40. The van der Waals surface area contributed by atoms with Gasteiger partial charge in [0.1, 0.15) is 0 Å². The monoisotopic (exact) mass is 280 g/mol. The van der Waals surface area contributed by atoms with Crippen molar-refractivity contribution < 1.29 is 8.42 Å². The van der Waals surface area contributed by atoms with Gasteiger partial charge in [-0.25, -0.2) is 13.1 Å². The molecule has 5 heteroatoms. The van der Waals surface area contributed by atoms with Gasteiger partial charge >= 0.3 is 0 Å². The molecule has 1 atom stereocenters. The van der Waals surface area contributed by atoms with Crippen LogP contribution in [0.15, 0.2) is 24.3 Å². The summed E-state index contributed by atoms with van der Waals surface area (Å²) in [5, 5.41) is 8.95. The topological polar surface area (TPSA) is 70.0 Å². The Bertz CT molecular complexity index is 547. The first-order valence-electron chi connectivity index (χ1n) is 6.46. The third kappa shape index (κ3) is 5.41. The van der Waals surface area contributed by atoms with Crippen LogP contribution in [0.3, 0.4) is 0 Å². The number of unbranched alkanes of at least 4 members (excludes halogenated alkanes) is 1. The molecule has 1 aromatic rings. The SMILES string of the molecule is CCCCC(C)NS(=O)(=O)Cc1ccccc1C#N. The second kappa shape index (κ2) is 7.27. The highest BCUT2D eigenvalue weighted by molar-refractivity contribution is 7.88. The number of nitriles is 1. The highest BCUT2D eigenvalue weighted by Crippen LogP contribution is 2.12. The summed E-state index contributed by atoms with van der Waals surface area (Å²) in [5.41, 5.74) is 0.953. The van der Waals surface area contributed by atoms with E-state index in [4.69, 9.17) is 5.26 Å². The number of hydrogen-bond donors (Lipinski definition) is 1. The molecule has 0 radical (unpaired) electrons. The molecule has 0 bridgehead atoms. The van der Waals surface area contributed by atoms with Crippen molar-refractivity contribution in [1.29, 1.82) is 5.26 Å². The van der Waals surface area contributed by atoms with Gasteiger partial charge in [-0.05, 0) is 25.0 Å². The van der Waals surface area contributed by atoms with Crippen LogP contribution in [0.25, 0.3) is 0 Å². The van der Waals surface area contributed by atoms with Gasteiger partial charge in [-0.2, -0.15) is 5.26 Å². The van der Waals surface area contributed by atoms with E-state index in [1.165, 1.54) is 0 Å². The Kier molecular flexibility index (Phi) is 6.00. The molecule has 0 fully saturated rings. The number of hydrogen-bond acceptors (Lipinski definition) is 3. The van der Waals surface area contributed by atoms with Crippen molar-refractivity contribution in [2.24, 2.45) is 0 Å². The summed E-state index contributed by atoms with van der Waals surface area (Å²) in [4.78, 5) is 0. The molecule has 4 nitrogen and oxygen atoms in total. The Morgan fingerprint density at radius 3 is 2.68 bits per heavy atom. The Morgan fingerprint density at radius 1 is 1.37 bits per heavy atom. The molecule has 19 heavy (non-hydrogen) atoms. The number of rotatable bonds is 7. The van der Waals surface area contributed by atoms with Crippen LogP contribution in [0.2, 0.25) is 0 Å². The van der Waals surface area contributed by atoms with Gasteiger partial charge in [0.05, 0.1) is 17.4 Å². The van der Waals surface area contributed by atoms with Crippen molar-refractivity contribution in [2.75, 3.05) is 0 Å². The number of benzene rings is 1. The van der Waals surface area contributed by atoms with Gasteiger partial charge < -0.3 is 0 Å². The zero-order valence-electron chi connectivity index (χ0n) is 11.4. The second-order valence-corrected chi connectivity index (χ2v) is 6.44. The van der Waals surface area contributed by atoms with E-state index < -0.39 is 10.0 Å². The Labute approximate surface area is 115 Å². The number of sulfonamides is 1. The fourth-order valence-electron chi connectivity index (χ4n) is 1.88. The minimum atomic E-state index is -3.40. The zero-order valence-corrected chi connectivity index (χ0v) is 12.2. The van der Waals surface area contributed by atoms with Crippen LogP contribution in [0, 0.1) is 11.3 Å². The predicted molar refractivity (Wildman–Crippen MR) is 75.9 cm³/mol. The summed E-state index contributed by atoms with van der Waals surface area (Å²) >= 11 is 0. The maximum Gasteiger partial charge on any atom is 0.216 e. The van der Waals surface area contributed by atoms with Gasteiger partial charge in [0.15, 0.2) is 0 Å². The Morgan fingerprint density at radius 2 is 2.05 bits per heavy atom. The molecule has 0 spiro atoms. The summed E-state index contributed by atoms with van der Waals surface area (Å²) in [6, 6.07) is 8.72. The third-order valence-corrected chi connectivity index (χ3v) is 4.31. The molecule has 0 saturated carbocycles. The van der Waals surface area contributed by atoms with Gasteiger partial charge in [-0.1, -0.05) is 38.0 Å². The van der Waals surface area contributed by atoms with Gasteiger partial charge in [-0.15, -0.1) is 0 Å². The van der Waals surface area contributed by atoms with Crippen LogP contribution in [-0.4, -0.2) is 14.5 Å². The maximum atomic E-state index is 12.0. The molecule has 0 aliphatic rings. The largest absolute Gasteiger partial charge is 0.216 e. The van der Waals surface area contributed by atoms with Crippen LogP contribution in [-0.2, 0) is 15.8 Å². The average Bonchev–Trinajstić information content (AvgIpc) is 2.36. The molecule has 1 unspecified atom stereocenters. The molecule has 1 aromatic carbocycles. The zero-order chi connectivity index (χ0) is 14.3. The van der Waals surface area contributed by atoms with E-state index in [1.807, 2.05) is 13.0 Å². The second-order valence-electron chi connectivity index (χ2n) is 4.69. The highest BCUT2D eigenvalue weighted by Gasteiger charge is 2.16. The van der Waals surface area contributed by atoms with Crippen molar-refractivity contribution in [3.05, 3.63) is 35.4 Å².